The van der Waals surface area contributed by atoms with E-state index in [9.17, 15) is 0 Å². The van der Waals surface area contributed by atoms with Crippen LogP contribution in [0.25, 0.3) is 0 Å². The van der Waals surface area contributed by atoms with E-state index in [1.165, 1.54) is 30.6 Å². The molecule has 1 fully saturated rings. The highest BCUT2D eigenvalue weighted by Gasteiger charge is 2.27. The average molecular weight is 288 g/mol. The maximum Gasteiger partial charge on any atom is 0.213 e. The van der Waals surface area contributed by atoms with Crippen molar-refractivity contribution < 1.29 is 4.74 Å². The second-order valence-electron chi connectivity index (χ2n) is 5.27. The van der Waals surface area contributed by atoms with Gasteiger partial charge in [-0.15, -0.1) is 11.3 Å². The molecule has 106 valence electrons. The Bertz CT molecular complexity index is 518. The van der Waals surface area contributed by atoms with Gasteiger partial charge >= 0.3 is 0 Å². The number of ether oxygens (including phenoxy) is 1. The number of hydrogen-bond acceptors (Lipinski definition) is 4. The minimum Gasteiger partial charge on any atom is -0.481 e. The summed E-state index contributed by atoms with van der Waals surface area (Å²) < 4.78 is 5.11. The third-order valence-electron chi connectivity index (χ3n) is 3.99. The molecule has 0 radical (unpaired) electrons. The molecule has 1 aliphatic carbocycles. The molecule has 0 aliphatic heterocycles. The highest BCUT2D eigenvalue weighted by Crippen LogP contribution is 2.39. The predicted molar refractivity (Wildman–Crippen MR) is 83.4 cm³/mol. The summed E-state index contributed by atoms with van der Waals surface area (Å²) in [7, 11) is 1.64. The fourth-order valence-electron chi connectivity index (χ4n) is 2.95. The Balaban J connectivity index is 1.78. The minimum atomic E-state index is 0.410. The normalized spacial score (nSPS) is 17.1. The lowest BCUT2D eigenvalue weighted by molar-refractivity contribution is 0.398. The van der Waals surface area contributed by atoms with Crippen LogP contribution in [0, 0.1) is 5.92 Å². The zero-order valence-corrected chi connectivity index (χ0v) is 12.5. The molecule has 0 spiro atoms. The second kappa shape index (κ2) is 6.27. The van der Waals surface area contributed by atoms with E-state index in [1.54, 1.807) is 7.11 Å². The smallest absolute Gasteiger partial charge is 0.213 e. The summed E-state index contributed by atoms with van der Waals surface area (Å²) in [5.41, 5.74) is 1.07. The molecule has 1 aliphatic rings. The maximum absolute atomic E-state index is 5.11. The zero-order valence-electron chi connectivity index (χ0n) is 11.7. The molecular weight excluding hydrogens is 268 g/mol. The first-order valence-electron chi connectivity index (χ1n) is 7.17. The Morgan fingerprint density at radius 3 is 2.75 bits per heavy atom. The summed E-state index contributed by atoms with van der Waals surface area (Å²) >= 11 is 1.84. The van der Waals surface area contributed by atoms with Crippen molar-refractivity contribution in [2.45, 2.75) is 31.7 Å². The van der Waals surface area contributed by atoms with Gasteiger partial charge in [-0.3, -0.25) is 0 Å². The van der Waals surface area contributed by atoms with Crippen LogP contribution in [0.3, 0.4) is 0 Å². The maximum atomic E-state index is 5.11. The lowest BCUT2D eigenvalue weighted by atomic mass is 9.96. The number of aromatic nitrogens is 1. The molecule has 0 saturated heterocycles. The van der Waals surface area contributed by atoms with Crippen LogP contribution in [0.1, 0.15) is 36.6 Å². The predicted octanol–water partition coefficient (Wildman–Crippen LogP) is 4.50. The molecule has 4 heteroatoms. The first-order valence-corrected chi connectivity index (χ1v) is 8.05. The molecule has 2 aromatic rings. The van der Waals surface area contributed by atoms with Gasteiger partial charge in [-0.2, -0.15) is 0 Å². The Morgan fingerprint density at radius 1 is 1.30 bits per heavy atom. The van der Waals surface area contributed by atoms with E-state index in [0.717, 1.165) is 11.6 Å². The van der Waals surface area contributed by atoms with Crippen LogP contribution in [0.15, 0.2) is 35.8 Å². The fraction of sp³-hybridized carbons (Fsp3) is 0.438. The lowest BCUT2D eigenvalue weighted by Gasteiger charge is -2.24. The Hall–Kier alpha value is -1.55. The van der Waals surface area contributed by atoms with Crippen LogP contribution >= 0.6 is 11.3 Å². The van der Waals surface area contributed by atoms with Crippen molar-refractivity contribution in [1.82, 2.24) is 4.98 Å². The van der Waals surface area contributed by atoms with E-state index >= 15 is 0 Å². The van der Waals surface area contributed by atoms with Crippen molar-refractivity contribution in [3.8, 4) is 5.88 Å². The number of pyridine rings is 1. The molecule has 3 nitrogen and oxygen atoms in total. The van der Waals surface area contributed by atoms with Crippen LogP contribution in [-0.2, 0) is 0 Å². The van der Waals surface area contributed by atoms with E-state index in [1.807, 2.05) is 29.7 Å². The van der Waals surface area contributed by atoms with Gasteiger partial charge in [-0.1, -0.05) is 18.9 Å². The first kappa shape index (κ1) is 13.4. The van der Waals surface area contributed by atoms with Crippen LogP contribution in [0.5, 0.6) is 5.88 Å². The summed E-state index contributed by atoms with van der Waals surface area (Å²) in [6.45, 7) is 0. The van der Waals surface area contributed by atoms with Gasteiger partial charge in [0.1, 0.15) is 0 Å². The van der Waals surface area contributed by atoms with Crippen molar-refractivity contribution in [1.29, 1.82) is 0 Å². The van der Waals surface area contributed by atoms with Gasteiger partial charge < -0.3 is 10.1 Å². The van der Waals surface area contributed by atoms with E-state index < -0.39 is 0 Å². The quantitative estimate of drug-likeness (QED) is 0.880. The second-order valence-corrected chi connectivity index (χ2v) is 6.25. The van der Waals surface area contributed by atoms with Crippen molar-refractivity contribution in [2.75, 3.05) is 12.4 Å². The number of nitrogens with zero attached hydrogens (tertiary/aromatic N) is 1. The topological polar surface area (TPSA) is 34.1 Å². The van der Waals surface area contributed by atoms with E-state index in [-0.39, 0.29) is 0 Å². The molecule has 3 rings (SSSR count). The van der Waals surface area contributed by atoms with E-state index in [4.69, 9.17) is 4.74 Å². The summed E-state index contributed by atoms with van der Waals surface area (Å²) in [5, 5.41) is 5.82. The van der Waals surface area contributed by atoms with Gasteiger partial charge in [0.25, 0.3) is 0 Å². The summed E-state index contributed by atoms with van der Waals surface area (Å²) in [6, 6.07) is 8.73. The summed E-state index contributed by atoms with van der Waals surface area (Å²) in [4.78, 5) is 5.70. The molecular formula is C16H20N2OS. The van der Waals surface area contributed by atoms with Crippen LogP contribution in [0.2, 0.25) is 0 Å². The number of nitrogens with one attached hydrogen (secondary N) is 1. The van der Waals surface area contributed by atoms with Gasteiger partial charge in [-0.25, -0.2) is 4.98 Å². The fourth-order valence-corrected chi connectivity index (χ4v) is 3.82. The Labute approximate surface area is 124 Å². The van der Waals surface area contributed by atoms with Gasteiger partial charge in [0.2, 0.25) is 5.88 Å². The third kappa shape index (κ3) is 2.96. The largest absolute Gasteiger partial charge is 0.481 e. The standard InChI is InChI=1S/C16H20N2OS/c1-19-15-9-8-13(11-17-15)18-16(12-5-2-3-6-12)14-7-4-10-20-14/h4,7-12,16,18H,2-3,5-6H2,1H3. The van der Waals surface area contributed by atoms with Gasteiger partial charge in [0.15, 0.2) is 0 Å². The van der Waals surface area contributed by atoms with E-state index in [2.05, 4.69) is 27.8 Å². The van der Waals surface area contributed by atoms with Crippen molar-refractivity contribution in [3.63, 3.8) is 0 Å². The van der Waals surface area contributed by atoms with Crippen molar-refractivity contribution in [3.05, 3.63) is 40.7 Å². The highest BCUT2D eigenvalue weighted by atomic mass is 32.1. The van der Waals surface area contributed by atoms with Gasteiger partial charge in [0, 0.05) is 10.9 Å². The molecule has 20 heavy (non-hydrogen) atoms. The molecule has 1 N–H and O–H groups in total. The van der Waals surface area contributed by atoms with Crippen LogP contribution in [0.4, 0.5) is 5.69 Å². The number of thiophene rings is 1. The number of hydrogen-bond donors (Lipinski definition) is 1. The molecule has 2 heterocycles. The highest BCUT2D eigenvalue weighted by molar-refractivity contribution is 7.10. The molecule has 0 amide bonds. The first-order chi connectivity index (χ1) is 9.86. The molecule has 1 atom stereocenters. The zero-order chi connectivity index (χ0) is 13.8. The van der Waals surface area contributed by atoms with Crippen LogP contribution in [-0.4, -0.2) is 12.1 Å². The molecule has 1 saturated carbocycles. The number of methoxy groups -OCH3 is 1. The Kier molecular flexibility index (Phi) is 4.21. The van der Waals surface area contributed by atoms with E-state index in [0.29, 0.717) is 11.9 Å². The van der Waals surface area contributed by atoms with Gasteiger partial charge in [-0.05, 0) is 36.3 Å². The molecule has 2 aromatic heterocycles. The molecule has 1 unspecified atom stereocenters. The van der Waals surface area contributed by atoms with Crippen molar-refractivity contribution in [2.24, 2.45) is 5.92 Å². The minimum absolute atomic E-state index is 0.410. The summed E-state index contributed by atoms with van der Waals surface area (Å²) in [6.07, 6.45) is 7.21. The average Bonchev–Trinajstić information content (AvgIpc) is 3.19. The van der Waals surface area contributed by atoms with Crippen molar-refractivity contribution >= 4 is 17.0 Å². The SMILES string of the molecule is COc1ccc(NC(c2cccs2)C2CCCC2)cn1. The Morgan fingerprint density at radius 2 is 2.15 bits per heavy atom. The van der Waals surface area contributed by atoms with Crippen LogP contribution < -0.4 is 10.1 Å². The molecule has 0 bridgehead atoms. The lowest BCUT2D eigenvalue weighted by Crippen LogP contribution is -2.18. The molecule has 0 aromatic carbocycles. The number of rotatable bonds is 5. The number of anilines is 1. The van der Waals surface area contributed by atoms with Gasteiger partial charge in [0.05, 0.1) is 25.0 Å². The monoisotopic (exact) mass is 288 g/mol. The third-order valence-corrected chi connectivity index (χ3v) is 4.94. The summed E-state index contributed by atoms with van der Waals surface area (Å²) in [5.74, 6) is 1.39.